The number of carbonyl (C=O) groups excluding carboxylic acids is 1. The predicted octanol–water partition coefficient (Wildman–Crippen LogP) is 3.04. The lowest BCUT2D eigenvalue weighted by molar-refractivity contribution is 0.0968. The number of nitrogens with one attached hydrogen (secondary N) is 1. The third-order valence-corrected chi connectivity index (χ3v) is 6.14. The fourth-order valence-corrected chi connectivity index (χ4v) is 4.60. The number of thioether (sulfide) groups is 1. The molecule has 1 saturated heterocycles. The molecule has 2 rings (SSSR count). The lowest BCUT2D eigenvalue weighted by Gasteiger charge is -2.37. The first kappa shape index (κ1) is 15.5. The van der Waals surface area contributed by atoms with Crippen molar-refractivity contribution in [1.82, 2.24) is 5.32 Å². The van der Waals surface area contributed by atoms with Crippen molar-refractivity contribution in [3.63, 3.8) is 0 Å². The standard InChI is InChI=1S/C14H23N3OS2/c1-14(2)5-7-17(8-6-14)13-11(19-4)9(15)10(20-13)12(18)16-3/h5-8,15H2,1-4H3,(H,16,18). The second-order valence-electron chi connectivity index (χ2n) is 5.91. The number of nitrogens with two attached hydrogens (primary N) is 1. The van der Waals surface area contributed by atoms with E-state index in [9.17, 15) is 4.79 Å². The van der Waals surface area contributed by atoms with Crippen molar-refractivity contribution in [2.75, 3.05) is 37.0 Å². The smallest absolute Gasteiger partial charge is 0.263 e. The maximum Gasteiger partial charge on any atom is 0.263 e. The van der Waals surface area contributed by atoms with Crippen molar-refractivity contribution in [1.29, 1.82) is 0 Å². The molecule has 1 aromatic heterocycles. The van der Waals surface area contributed by atoms with Gasteiger partial charge in [0.2, 0.25) is 0 Å². The zero-order chi connectivity index (χ0) is 14.9. The highest BCUT2D eigenvalue weighted by Gasteiger charge is 2.29. The molecule has 0 aliphatic carbocycles. The molecule has 0 saturated carbocycles. The summed E-state index contributed by atoms with van der Waals surface area (Å²) in [4.78, 5) is 16.0. The van der Waals surface area contributed by atoms with Crippen LogP contribution in [0, 0.1) is 5.41 Å². The molecule has 0 atom stereocenters. The number of hydrogen-bond acceptors (Lipinski definition) is 5. The summed E-state index contributed by atoms with van der Waals surface area (Å²) in [6.45, 7) is 6.71. The fraction of sp³-hybridized carbons (Fsp3) is 0.643. The van der Waals surface area contributed by atoms with Gasteiger partial charge in [-0.05, 0) is 24.5 Å². The number of nitrogen functional groups attached to an aromatic ring is 1. The summed E-state index contributed by atoms with van der Waals surface area (Å²) in [5.74, 6) is -0.0913. The van der Waals surface area contributed by atoms with Crippen molar-refractivity contribution in [3.05, 3.63) is 4.88 Å². The molecule has 1 fully saturated rings. The highest BCUT2D eigenvalue weighted by Crippen LogP contribution is 2.45. The second kappa shape index (κ2) is 5.85. The van der Waals surface area contributed by atoms with E-state index in [1.165, 1.54) is 24.2 Å². The third kappa shape index (κ3) is 2.91. The van der Waals surface area contributed by atoms with Gasteiger partial charge in [0.1, 0.15) is 9.88 Å². The number of hydrogen-bond donors (Lipinski definition) is 2. The predicted molar refractivity (Wildman–Crippen MR) is 89.1 cm³/mol. The summed E-state index contributed by atoms with van der Waals surface area (Å²) in [7, 11) is 1.64. The summed E-state index contributed by atoms with van der Waals surface area (Å²) in [5, 5.41) is 3.82. The molecule has 1 aromatic rings. The SMILES string of the molecule is CNC(=O)c1sc(N2CCC(C)(C)CC2)c(SC)c1N. The van der Waals surface area contributed by atoms with Gasteiger partial charge in [0.15, 0.2) is 0 Å². The largest absolute Gasteiger partial charge is 0.396 e. The zero-order valence-corrected chi connectivity index (χ0v) is 14.2. The molecular weight excluding hydrogens is 290 g/mol. The van der Waals surface area contributed by atoms with Crippen LogP contribution in [-0.2, 0) is 0 Å². The van der Waals surface area contributed by atoms with Gasteiger partial charge < -0.3 is 16.0 Å². The molecule has 0 bridgehead atoms. The molecule has 2 heterocycles. The molecule has 6 heteroatoms. The molecule has 1 aliphatic heterocycles. The summed E-state index contributed by atoms with van der Waals surface area (Å²) in [6, 6.07) is 0. The number of rotatable bonds is 3. The average molecular weight is 313 g/mol. The number of anilines is 2. The van der Waals surface area contributed by atoms with Crippen LogP contribution in [0.15, 0.2) is 4.90 Å². The van der Waals surface area contributed by atoms with Gasteiger partial charge in [0.05, 0.1) is 10.6 Å². The van der Waals surface area contributed by atoms with Crippen LogP contribution in [0.2, 0.25) is 0 Å². The van der Waals surface area contributed by atoms with E-state index >= 15 is 0 Å². The van der Waals surface area contributed by atoms with Crippen molar-refractivity contribution in [2.45, 2.75) is 31.6 Å². The quantitative estimate of drug-likeness (QED) is 0.842. The van der Waals surface area contributed by atoms with Crippen LogP contribution >= 0.6 is 23.1 Å². The second-order valence-corrected chi connectivity index (χ2v) is 7.73. The fourth-order valence-electron chi connectivity index (χ4n) is 2.42. The molecule has 3 N–H and O–H groups in total. The number of thiophene rings is 1. The van der Waals surface area contributed by atoms with Crippen LogP contribution < -0.4 is 16.0 Å². The topological polar surface area (TPSA) is 58.4 Å². The minimum absolute atomic E-state index is 0.0913. The Morgan fingerprint density at radius 2 is 2.00 bits per heavy atom. The Morgan fingerprint density at radius 1 is 1.40 bits per heavy atom. The van der Waals surface area contributed by atoms with Gasteiger partial charge in [-0.1, -0.05) is 13.8 Å². The first-order chi connectivity index (χ1) is 9.39. The molecule has 0 aromatic carbocycles. The maximum absolute atomic E-state index is 11.9. The molecular formula is C14H23N3OS2. The van der Waals surface area contributed by atoms with E-state index in [-0.39, 0.29) is 5.91 Å². The Morgan fingerprint density at radius 3 is 2.50 bits per heavy atom. The molecule has 1 amide bonds. The van der Waals surface area contributed by atoms with Gasteiger partial charge in [-0.25, -0.2) is 0 Å². The lowest BCUT2D eigenvalue weighted by Crippen LogP contribution is -2.37. The van der Waals surface area contributed by atoms with Gasteiger partial charge in [-0.2, -0.15) is 0 Å². The molecule has 0 unspecified atom stereocenters. The Kier molecular flexibility index (Phi) is 4.54. The highest BCUT2D eigenvalue weighted by atomic mass is 32.2. The van der Waals surface area contributed by atoms with Crippen LogP contribution in [0.4, 0.5) is 10.7 Å². The third-order valence-electron chi connectivity index (χ3n) is 3.92. The van der Waals surface area contributed by atoms with E-state index in [4.69, 9.17) is 5.73 Å². The zero-order valence-electron chi connectivity index (χ0n) is 12.6. The number of nitrogens with zero attached hydrogens (tertiary/aromatic N) is 1. The van der Waals surface area contributed by atoms with E-state index in [0.717, 1.165) is 23.0 Å². The van der Waals surface area contributed by atoms with Crippen LogP contribution in [0.3, 0.4) is 0 Å². The molecule has 112 valence electrons. The van der Waals surface area contributed by atoms with Crippen LogP contribution in [0.25, 0.3) is 0 Å². The number of piperidine rings is 1. The minimum atomic E-state index is -0.0913. The summed E-state index contributed by atoms with van der Waals surface area (Å²) >= 11 is 3.15. The van der Waals surface area contributed by atoms with Gasteiger partial charge >= 0.3 is 0 Å². The van der Waals surface area contributed by atoms with Gasteiger partial charge in [-0.3, -0.25) is 4.79 Å². The number of carbonyl (C=O) groups is 1. The monoisotopic (exact) mass is 313 g/mol. The highest BCUT2D eigenvalue weighted by molar-refractivity contribution is 7.99. The maximum atomic E-state index is 11.9. The van der Waals surface area contributed by atoms with Crippen LogP contribution in [0.5, 0.6) is 0 Å². The normalized spacial score (nSPS) is 18.1. The van der Waals surface area contributed by atoms with Crippen molar-refractivity contribution < 1.29 is 4.79 Å². The van der Waals surface area contributed by atoms with Crippen molar-refractivity contribution >= 4 is 39.7 Å². The van der Waals surface area contributed by atoms with Gasteiger partial charge in [0.25, 0.3) is 5.91 Å². The van der Waals surface area contributed by atoms with E-state index in [1.54, 1.807) is 18.8 Å². The van der Waals surface area contributed by atoms with E-state index in [2.05, 4.69) is 24.1 Å². The molecule has 4 nitrogen and oxygen atoms in total. The Balaban J connectivity index is 2.30. The summed E-state index contributed by atoms with van der Waals surface area (Å²) in [6.07, 6.45) is 4.37. The molecule has 1 aliphatic rings. The number of amides is 1. The lowest BCUT2D eigenvalue weighted by atomic mass is 9.83. The van der Waals surface area contributed by atoms with Gasteiger partial charge in [-0.15, -0.1) is 23.1 Å². The average Bonchev–Trinajstić information content (AvgIpc) is 2.75. The Labute approximate surface area is 129 Å². The molecule has 0 spiro atoms. The van der Waals surface area contributed by atoms with Crippen LogP contribution in [-0.4, -0.2) is 32.3 Å². The van der Waals surface area contributed by atoms with E-state index in [0.29, 0.717) is 16.0 Å². The Hall–Kier alpha value is -0.880. The van der Waals surface area contributed by atoms with Crippen molar-refractivity contribution in [3.8, 4) is 0 Å². The first-order valence-corrected chi connectivity index (χ1v) is 8.87. The Bertz CT molecular complexity index is 501. The molecule has 0 radical (unpaired) electrons. The van der Waals surface area contributed by atoms with E-state index in [1.807, 2.05) is 6.26 Å². The van der Waals surface area contributed by atoms with Crippen LogP contribution in [0.1, 0.15) is 36.4 Å². The summed E-state index contributed by atoms with van der Waals surface area (Å²) < 4.78 is 0. The van der Waals surface area contributed by atoms with Gasteiger partial charge in [0, 0.05) is 20.1 Å². The summed E-state index contributed by atoms with van der Waals surface area (Å²) in [5.41, 5.74) is 7.20. The first-order valence-electron chi connectivity index (χ1n) is 6.83. The van der Waals surface area contributed by atoms with E-state index < -0.39 is 0 Å². The minimum Gasteiger partial charge on any atom is -0.396 e. The van der Waals surface area contributed by atoms with Crippen molar-refractivity contribution in [2.24, 2.45) is 5.41 Å². The molecule has 20 heavy (non-hydrogen) atoms.